The number of aromatic nitrogens is 4. The second-order valence-corrected chi connectivity index (χ2v) is 10.8. The van der Waals surface area contributed by atoms with Gasteiger partial charge in [0.15, 0.2) is 0 Å². The Labute approximate surface area is 224 Å². The first-order valence-electron chi connectivity index (χ1n) is 13.5. The van der Waals surface area contributed by atoms with Gasteiger partial charge in [0, 0.05) is 42.2 Å². The van der Waals surface area contributed by atoms with Gasteiger partial charge in [-0.2, -0.15) is 4.39 Å². The number of hydrogen-bond acceptors (Lipinski definition) is 6. The summed E-state index contributed by atoms with van der Waals surface area (Å²) in [5.41, 5.74) is 9.47. The van der Waals surface area contributed by atoms with Gasteiger partial charge in [-0.3, -0.25) is 14.0 Å². The van der Waals surface area contributed by atoms with Crippen molar-refractivity contribution in [3.05, 3.63) is 71.7 Å². The number of benzene rings is 1. The molecule has 39 heavy (non-hydrogen) atoms. The van der Waals surface area contributed by atoms with Crippen molar-refractivity contribution in [1.29, 1.82) is 0 Å². The number of nitrogen functional groups attached to an aromatic ring is 1. The second kappa shape index (κ2) is 9.14. The Kier molecular flexibility index (Phi) is 5.57. The molecule has 2 aliphatic heterocycles. The molecule has 2 atom stereocenters. The van der Waals surface area contributed by atoms with Gasteiger partial charge in [-0.15, -0.1) is 0 Å². The minimum absolute atomic E-state index is 0.121. The number of pyridine rings is 1. The number of imidazole rings is 1. The van der Waals surface area contributed by atoms with Crippen molar-refractivity contribution in [2.24, 2.45) is 0 Å². The third-order valence-electron chi connectivity index (χ3n) is 8.25. The molecule has 2 amide bonds. The van der Waals surface area contributed by atoms with E-state index in [0.717, 1.165) is 25.5 Å². The summed E-state index contributed by atoms with van der Waals surface area (Å²) < 4.78 is 16.6. The summed E-state index contributed by atoms with van der Waals surface area (Å²) in [5, 5.41) is 2.87. The maximum Gasteiger partial charge on any atom is 0.256 e. The number of piperidine rings is 1. The monoisotopic (exact) mass is 525 g/mol. The number of nitrogens with two attached hydrogens (primary N) is 1. The number of hydrogen-bond donors (Lipinski definition) is 2. The molecule has 3 N–H and O–H groups in total. The number of halogens is 1. The molecule has 3 aromatic heterocycles. The molecule has 2 saturated heterocycles. The maximum atomic E-state index is 15.2. The highest BCUT2D eigenvalue weighted by Gasteiger charge is 2.38. The quantitative estimate of drug-likeness (QED) is 0.396. The summed E-state index contributed by atoms with van der Waals surface area (Å²) in [7, 11) is 0. The second-order valence-electron chi connectivity index (χ2n) is 10.8. The molecule has 1 aliphatic carbocycles. The molecule has 0 radical (unpaired) electrons. The van der Waals surface area contributed by atoms with Gasteiger partial charge in [0.1, 0.15) is 28.7 Å². The van der Waals surface area contributed by atoms with Crippen molar-refractivity contribution in [2.45, 2.75) is 56.4 Å². The fraction of sp³-hybridized carbons (Fsp3) is 0.345. The van der Waals surface area contributed by atoms with Crippen LogP contribution < -0.4 is 11.1 Å². The van der Waals surface area contributed by atoms with Gasteiger partial charge >= 0.3 is 0 Å². The Morgan fingerprint density at radius 3 is 2.62 bits per heavy atom. The van der Waals surface area contributed by atoms with E-state index in [0.29, 0.717) is 52.9 Å². The average Bonchev–Trinajstić information content (AvgIpc) is 3.63. The lowest BCUT2D eigenvalue weighted by Crippen LogP contribution is -2.41. The molecule has 1 aromatic carbocycles. The number of rotatable bonds is 5. The van der Waals surface area contributed by atoms with Gasteiger partial charge in [0.25, 0.3) is 5.91 Å². The fourth-order valence-corrected chi connectivity index (χ4v) is 6.04. The molecule has 0 spiro atoms. The first-order valence-corrected chi connectivity index (χ1v) is 13.5. The van der Waals surface area contributed by atoms with Crippen molar-refractivity contribution in [2.75, 3.05) is 17.6 Å². The van der Waals surface area contributed by atoms with Gasteiger partial charge < -0.3 is 16.0 Å². The molecular weight excluding hydrogens is 497 g/mol. The topological polar surface area (TPSA) is 119 Å². The van der Waals surface area contributed by atoms with E-state index < -0.39 is 5.95 Å². The summed E-state index contributed by atoms with van der Waals surface area (Å²) in [6.07, 6.45) is 8.29. The Morgan fingerprint density at radius 2 is 1.82 bits per heavy atom. The summed E-state index contributed by atoms with van der Waals surface area (Å²) in [6, 6.07) is 11.1. The lowest BCUT2D eigenvalue weighted by Gasteiger charge is -2.34. The van der Waals surface area contributed by atoms with Crippen LogP contribution in [0.1, 0.15) is 72.1 Å². The van der Waals surface area contributed by atoms with Crippen LogP contribution in [-0.2, 0) is 4.79 Å². The van der Waals surface area contributed by atoms with Gasteiger partial charge in [0.05, 0.1) is 6.20 Å². The van der Waals surface area contributed by atoms with Crippen LogP contribution in [0.25, 0.3) is 16.8 Å². The summed E-state index contributed by atoms with van der Waals surface area (Å²) >= 11 is 0. The first kappa shape index (κ1) is 23.8. The highest BCUT2D eigenvalue weighted by molar-refractivity contribution is 6.04. The van der Waals surface area contributed by atoms with E-state index >= 15 is 4.39 Å². The molecule has 1 saturated carbocycles. The fourth-order valence-electron chi connectivity index (χ4n) is 6.04. The van der Waals surface area contributed by atoms with Crippen molar-refractivity contribution in [3.63, 3.8) is 0 Å². The summed E-state index contributed by atoms with van der Waals surface area (Å²) in [4.78, 5) is 40.4. The van der Waals surface area contributed by atoms with Crippen LogP contribution in [0.5, 0.6) is 0 Å². The number of amides is 2. The zero-order valence-electron chi connectivity index (χ0n) is 21.3. The van der Waals surface area contributed by atoms with Crippen LogP contribution in [0.15, 0.2) is 48.8 Å². The summed E-state index contributed by atoms with van der Waals surface area (Å²) in [5.74, 6) is 0.999. The highest BCUT2D eigenvalue weighted by Crippen LogP contribution is 2.41. The smallest absolute Gasteiger partial charge is 0.256 e. The third kappa shape index (κ3) is 4.20. The maximum absolute atomic E-state index is 15.2. The highest BCUT2D eigenvalue weighted by atomic mass is 19.1. The Morgan fingerprint density at radius 1 is 1.03 bits per heavy atom. The lowest BCUT2D eigenvalue weighted by molar-refractivity contribution is -0.130. The largest absolute Gasteiger partial charge is 0.382 e. The predicted molar refractivity (Wildman–Crippen MR) is 144 cm³/mol. The van der Waals surface area contributed by atoms with E-state index in [2.05, 4.69) is 15.3 Å². The van der Waals surface area contributed by atoms with Crippen LogP contribution in [-0.4, -0.2) is 48.7 Å². The van der Waals surface area contributed by atoms with E-state index in [9.17, 15) is 9.59 Å². The van der Waals surface area contributed by atoms with Gasteiger partial charge in [0.2, 0.25) is 11.9 Å². The SMILES string of the molecule is Nc1ncc(F)n2c(C3CCC4CCC(=O)N4C3)nc(-c3ccc(C(=O)Nc4cc(C5CC5)ccn4)cc3)c12. The summed E-state index contributed by atoms with van der Waals surface area (Å²) in [6.45, 7) is 0.513. The molecule has 3 aliphatic rings. The standard InChI is InChI=1S/C29H28FN7O2/c30-22-14-33-27(31)26-25(35-28(37(22)26)20-7-8-21-9-10-24(38)36(21)15-20)17-3-5-18(6-4-17)29(39)34-23-13-19(11-12-32-23)16-1-2-16/h3-6,11-14,16,20-21H,1-2,7-10,15H2,(H2,31,33)(H,32,34,39). The van der Waals surface area contributed by atoms with Gasteiger partial charge in [-0.05, 0) is 67.9 Å². The van der Waals surface area contributed by atoms with Crippen LogP contribution in [0.2, 0.25) is 0 Å². The normalized spacial score (nSPS) is 20.8. The Hall–Kier alpha value is -4.34. The Bertz CT molecular complexity index is 1610. The molecule has 9 nitrogen and oxygen atoms in total. The molecule has 198 valence electrons. The zero-order valence-corrected chi connectivity index (χ0v) is 21.3. The van der Waals surface area contributed by atoms with Crippen molar-refractivity contribution in [3.8, 4) is 11.3 Å². The molecule has 4 aromatic rings. The molecule has 5 heterocycles. The molecule has 7 rings (SSSR count). The van der Waals surface area contributed by atoms with Crippen molar-refractivity contribution in [1.82, 2.24) is 24.3 Å². The van der Waals surface area contributed by atoms with Gasteiger partial charge in [-0.25, -0.2) is 15.0 Å². The van der Waals surface area contributed by atoms with E-state index in [-0.39, 0.29) is 29.6 Å². The average molecular weight is 526 g/mol. The van der Waals surface area contributed by atoms with Crippen LogP contribution in [0.3, 0.4) is 0 Å². The third-order valence-corrected chi connectivity index (χ3v) is 8.25. The van der Waals surface area contributed by atoms with Crippen LogP contribution in [0.4, 0.5) is 16.0 Å². The first-order chi connectivity index (χ1) is 19.0. The van der Waals surface area contributed by atoms with Crippen LogP contribution >= 0.6 is 0 Å². The molecular formula is C29H28FN7O2. The van der Waals surface area contributed by atoms with Crippen molar-refractivity contribution >= 4 is 29.0 Å². The molecule has 2 unspecified atom stereocenters. The van der Waals surface area contributed by atoms with E-state index in [1.807, 2.05) is 17.0 Å². The number of carbonyl (C=O) groups excluding carboxylic acids is 2. The molecule has 3 fully saturated rings. The minimum atomic E-state index is -0.556. The van der Waals surface area contributed by atoms with E-state index in [4.69, 9.17) is 10.7 Å². The molecule has 0 bridgehead atoms. The Balaban J connectivity index is 1.19. The van der Waals surface area contributed by atoms with Crippen LogP contribution in [0, 0.1) is 5.95 Å². The van der Waals surface area contributed by atoms with Crippen molar-refractivity contribution < 1.29 is 14.0 Å². The lowest BCUT2D eigenvalue weighted by atomic mass is 9.92. The number of fused-ring (bicyclic) bond motifs is 2. The number of nitrogens with zero attached hydrogens (tertiary/aromatic N) is 5. The van der Waals surface area contributed by atoms with E-state index in [1.165, 1.54) is 22.8 Å². The minimum Gasteiger partial charge on any atom is -0.382 e. The van der Waals surface area contributed by atoms with Gasteiger partial charge in [-0.1, -0.05) is 12.1 Å². The number of nitrogens with one attached hydrogen (secondary N) is 1. The zero-order chi connectivity index (χ0) is 26.7. The number of carbonyl (C=O) groups is 2. The number of anilines is 2. The molecule has 10 heteroatoms. The predicted octanol–water partition coefficient (Wildman–Crippen LogP) is 4.51. The van der Waals surface area contributed by atoms with E-state index in [1.54, 1.807) is 30.5 Å².